The number of H-pyrrole nitrogens is 1. The Morgan fingerprint density at radius 2 is 1.98 bits per heavy atom. The minimum atomic E-state index is -4.47. The highest BCUT2D eigenvalue weighted by molar-refractivity contribution is 7.90. The van der Waals surface area contributed by atoms with Gasteiger partial charge in [-0.2, -0.15) is 17.9 Å². The molecule has 43 heavy (non-hydrogen) atoms. The molecule has 15 heteroatoms. The van der Waals surface area contributed by atoms with Crippen molar-refractivity contribution in [3.63, 3.8) is 0 Å². The number of nitrogens with one attached hydrogen (secondary N) is 3. The van der Waals surface area contributed by atoms with Crippen molar-refractivity contribution >= 4 is 32.1 Å². The van der Waals surface area contributed by atoms with Gasteiger partial charge in [0.05, 0.1) is 41.5 Å². The van der Waals surface area contributed by atoms with Crippen LogP contribution in [0.15, 0.2) is 52.2 Å². The first-order valence-electron chi connectivity index (χ1n) is 13.5. The van der Waals surface area contributed by atoms with E-state index < -0.39 is 22.6 Å². The fourth-order valence-corrected chi connectivity index (χ4v) is 6.00. The highest BCUT2D eigenvalue weighted by Crippen LogP contribution is 2.34. The van der Waals surface area contributed by atoms with Crippen molar-refractivity contribution in [3.05, 3.63) is 58.6 Å². The number of benzene rings is 2. The summed E-state index contributed by atoms with van der Waals surface area (Å²) < 4.78 is 72.3. The number of aromatic nitrogens is 5. The van der Waals surface area contributed by atoms with E-state index >= 15 is 0 Å². The van der Waals surface area contributed by atoms with Crippen molar-refractivity contribution in [3.8, 4) is 17.6 Å². The van der Waals surface area contributed by atoms with Crippen LogP contribution >= 0.6 is 0 Å². The van der Waals surface area contributed by atoms with E-state index in [0.29, 0.717) is 34.4 Å². The number of fused-ring (bicyclic) bond motifs is 1. The first-order chi connectivity index (χ1) is 20.4. The smallest absolute Gasteiger partial charge is 0.406 e. The molecule has 2 aromatic carbocycles. The highest BCUT2D eigenvalue weighted by atomic mass is 32.2. The molecule has 0 bridgehead atoms. The van der Waals surface area contributed by atoms with Gasteiger partial charge in [0, 0.05) is 29.4 Å². The molecule has 2 heterocycles. The van der Waals surface area contributed by atoms with E-state index in [0.717, 1.165) is 30.1 Å². The first kappa shape index (κ1) is 30.0. The minimum Gasteiger partial charge on any atom is -0.495 e. The average Bonchev–Trinajstić information content (AvgIpc) is 3.53. The Morgan fingerprint density at radius 1 is 1.16 bits per heavy atom. The molecule has 0 radical (unpaired) electrons. The Kier molecular flexibility index (Phi) is 8.41. The molecule has 0 unspecified atom stereocenters. The van der Waals surface area contributed by atoms with Gasteiger partial charge in [0.25, 0.3) is 0 Å². The third kappa shape index (κ3) is 6.96. The number of aromatic amines is 1. The van der Waals surface area contributed by atoms with Crippen molar-refractivity contribution in [1.82, 2.24) is 24.8 Å². The summed E-state index contributed by atoms with van der Waals surface area (Å²) in [4.78, 5) is 12.1. The van der Waals surface area contributed by atoms with Crippen LogP contribution in [0.5, 0.6) is 5.75 Å². The van der Waals surface area contributed by atoms with Gasteiger partial charge in [-0.15, -0.1) is 0 Å². The van der Waals surface area contributed by atoms with Gasteiger partial charge in [-0.25, -0.2) is 18.3 Å². The third-order valence-corrected chi connectivity index (χ3v) is 8.43. The maximum atomic E-state index is 13.6. The van der Waals surface area contributed by atoms with Gasteiger partial charge in [-0.1, -0.05) is 12.0 Å². The van der Waals surface area contributed by atoms with Gasteiger partial charge in [-0.05, 0) is 72.4 Å². The number of rotatable bonds is 8. The Bertz CT molecular complexity index is 1850. The molecule has 2 atom stereocenters. The van der Waals surface area contributed by atoms with E-state index in [-0.39, 0.29) is 34.9 Å². The van der Waals surface area contributed by atoms with E-state index in [1.165, 1.54) is 23.9 Å². The summed E-state index contributed by atoms with van der Waals surface area (Å²) in [5.74, 6) is 6.03. The van der Waals surface area contributed by atoms with Crippen LogP contribution in [0, 0.1) is 11.8 Å². The zero-order valence-corrected chi connectivity index (χ0v) is 24.2. The highest BCUT2D eigenvalue weighted by Gasteiger charge is 2.30. The third-order valence-electron chi connectivity index (χ3n) is 7.31. The molecule has 0 aliphatic heterocycles. The van der Waals surface area contributed by atoms with Gasteiger partial charge in [0.1, 0.15) is 12.3 Å². The number of anilines is 2. The summed E-state index contributed by atoms with van der Waals surface area (Å²) in [7, 11) is -2.03. The van der Waals surface area contributed by atoms with Gasteiger partial charge in [-0.3, -0.25) is 0 Å². The quantitative estimate of drug-likeness (QED) is 0.253. The van der Waals surface area contributed by atoms with Crippen LogP contribution < -0.4 is 21.1 Å². The van der Waals surface area contributed by atoms with Gasteiger partial charge >= 0.3 is 11.9 Å². The van der Waals surface area contributed by atoms with Gasteiger partial charge in [0.2, 0.25) is 0 Å². The summed E-state index contributed by atoms with van der Waals surface area (Å²) in [6, 6.07) is 11.0. The fourth-order valence-electron chi connectivity index (χ4n) is 5.37. The zero-order valence-electron chi connectivity index (χ0n) is 23.4. The molecule has 4 aromatic rings. The van der Waals surface area contributed by atoms with Crippen molar-refractivity contribution in [2.24, 2.45) is 0 Å². The number of alkyl halides is 3. The largest absolute Gasteiger partial charge is 0.495 e. The van der Waals surface area contributed by atoms with Crippen LogP contribution in [-0.4, -0.2) is 65.3 Å². The van der Waals surface area contributed by atoms with Crippen LogP contribution in [0.25, 0.3) is 10.9 Å². The molecule has 1 aliphatic carbocycles. The first-order valence-corrected chi connectivity index (χ1v) is 15.4. The lowest BCUT2D eigenvalue weighted by atomic mass is 9.91. The lowest BCUT2D eigenvalue weighted by Gasteiger charge is -2.30. The number of nitrogens with zero attached hydrogens (tertiary/aromatic N) is 4. The Balaban J connectivity index is 1.39. The number of sulfone groups is 1. The lowest BCUT2D eigenvalue weighted by Crippen LogP contribution is -2.33. The summed E-state index contributed by atoms with van der Waals surface area (Å²) in [6.45, 7) is -1.14. The van der Waals surface area contributed by atoms with Crippen molar-refractivity contribution in [1.29, 1.82) is 0 Å². The molecule has 3 N–H and O–H groups in total. The van der Waals surface area contributed by atoms with Crippen LogP contribution in [0.2, 0.25) is 0 Å². The second kappa shape index (κ2) is 12.0. The van der Waals surface area contributed by atoms with Crippen LogP contribution in [0.3, 0.4) is 0 Å². The monoisotopic (exact) mass is 617 g/mol. The van der Waals surface area contributed by atoms with E-state index in [1.807, 2.05) is 6.07 Å². The van der Waals surface area contributed by atoms with Crippen molar-refractivity contribution < 1.29 is 26.3 Å². The Morgan fingerprint density at radius 3 is 2.67 bits per heavy atom. The predicted octanol–water partition coefficient (Wildman–Crippen LogP) is 3.95. The molecule has 1 fully saturated rings. The summed E-state index contributed by atoms with van der Waals surface area (Å²) >= 11 is 0. The maximum absolute atomic E-state index is 13.6. The minimum absolute atomic E-state index is 0.0262. The Hall–Kier alpha value is -4.45. The molecule has 2 aromatic heterocycles. The van der Waals surface area contributed by atoms with Crippen LogP contribution in [0.4, 0.5) is 24.5 Å². The van der Waals surface area contributed by atoms with E-state index in [4.69, 9.17) is 4.74 Å². The summed E-state index contributed by atoms with van der Waals surface area (Å²) in [5, 5.41) is 16.8. The SMILES string of the molecule is COc1cc(S(C)(=O)=O)ccc1NCC#Cc1cc2c(N[C@@H]3CCC[C@H](n4nn[nH]c4=O)C3)cccc2n1CC(F)(F)F. The topological polar surface area (TPSA) is 136 Å². The van der Waals surface area contributed by atoms with Gasteiger partial charge in [0.15, 0.2) is 9.84 Å². The fraction of sp³-hybridized carbons (Fsp3) is 0.393. The summed E-state index contributed by atoms with van der Waals surface area (Å²) in [6.07, 6.45) is -0.320. The van der Waals surface area contributed by atoms with E-state index in [1.54, 1.807) is 24.3 Å². The molecular formula is C28H30F3N7O4S. The van der Waals surface area contributed by atoms with Crippen LogP contribution in [-0.2, 0) is 16.4 Å². The molecule has 5 rings (SSSR count). The lowest BCUT2D eigenvalue weighted by molar-refractivity contribution is -0.140. The number of hydrogen-bond donors (Lipinski definition) is 3. The number of methoxy groups -OCH3 is 1. The molecule has 11 nitrogen and oxygen atoms in total. The number of halogens is 3. The van der Waals surface area contributed by atoms with Gasteiger partial charge < -0.3 is 19.9 Å². The number of hydrogen-bond acceptors (Lipinski definition) is 8. The van der Waals surface area contributed by atoms with E-state index in [2.05, 4.69) is 38.0 Å². The molecule has 0 spiro atoms. The van der Waals surface area contributed by atoms with E-state index in [9.17, 15) is 26.4 Å². The molecule has 1 aliphatic rings. The van der Waals surface area contributed by atoms with Crippen molar-refractivity contribution in [2.45, 2.75) is 55.4 Å². The standard InChI is InChI=1S/C28H30F3N7O4S/c1-42-26-16-21(43(2,40)41)11-12-24(26)32-13-5-8-19-15-22-23(9-4-10-25(22)37(19)17-28(29,30)31)33-18-6-3-7-20(14-18)38-27(39)34-35-36-38/h4,9-12,15-16,18,20,32-33H,3,6-7,13-14,17H2,1-2H3,(H,34,36,39)/t18-,20+/m1/s1. The molecule has 0 amide bonds. The van der Waals surface area contributed by atoms with Crippen molar-refractivity contribution in [2.75, 3.05) is 30.5 Å². The normalized spacial score (nSPS) is 17.3. The molecule has 0 saturated heterocycles. The predicted molar refractivity (Wildman–Crippen MR) is 155 cm³/mol. The molecule has 228 valence electrons. The molecule has 1 saturated carbocycles. The summed E-state index contributed by atoms with van der Waals surface area (Å²) in [5.41, 5.74) is 1.37. The maximum Gasteiger partial charge on any atom is 0.406 e. The zero-order chi connectivity index (χ0) is 30.8. The Labute approximate surface area is 245 Å². The second-order valence-corrected chi connectivity index (χ2v) is 12.4. The number of ether oxygens (including phenoxy) is 1. The second-order valence-electron chi connectivity index (χ2n) is 10.4. The average molecular weight is 618 g/mol. The van der Waals surface area contributed by atoms with Crippen LogP contribution in [0.1, 0.15) is 37.4 Å². The molecular weight excluding hydrogens is 587 g/mol. The number of tetrazole rings is 1.